The van der Waals surface area contributed by atoms with Crippen LogP contribution in [0.15, 0.2) is 36.7 Å². The molecule has 2 aliphatic heterocycles. The summed E-state index contributed by atoms with van der Waals surface area (Å²) >= 11 is 0. The normalized spacial score (nSPS) is 19.5. The minimum absolute atomic E-state index is 0.200. The highest BCUT2D eigenvalue weighted by Gasteiger charge is 2.22. The van der Waals surface area contributed by atoms with Gasteiger partial charge in [-0.15, -0.1) is 0 Å². The van der Waals surface area contributed by atoms with Gasteiger partial charge >= 0.3 is 0 Å². The number of unbranched alkanes of at least 4 members (excludes halogenated alkanes) is 1. The molecule has 33 heavy (non-hydrogen) atoms. The fraction of sp³-hybridized carbons (Fsp3) is 0.542. The second-order valence-electron chi connectivity index (χ2n) is 8.92. The number of amides is 1. The number of anilines is 3. The molecule has 0 saturated carbocycles. The fourth-order valence-corrected chi connectivity index (χ4v) is 4.65. The predicted octanol–water partition coefficient (Wildman–Crippen LogP) is 2.47. The molecule has 1 aromatic heterocycles. The van der Waals surface area contributed by atoms with E-state index in [0.29, 0.717) is 6.42 Å². The second-order valence-corrected chi connectivity index (χ2v) is 8.92. The van der Waals surface area contributed by atoms with Crippen LogP contribution in [0.25, 0.3) is 0 Å². The summed E-state index contributed by atoms with van der Waals surface area (Å²) in [6.45, 7) is 6.55. The van der Waals surface area contributed by atoms with Crippen molar-refractivity contribution >= 4 is 23.2 Å². The molecule has 2 saturated heterocycles. The molecule has 0 bridgehead atoms. The van der Waals surface area contributed by atoms with Crippen LogP contribution in [0, 0.1) is 5.82 Å². The molecule has 2 aliphatic rings. The zero-order valence-electron chi connectivity index (χ0n) is 19.1. The van der Waals surface area contributed by atoms with Gasteiger partial charge in [0.25, 0.3) is 0 Å². The number of hydrogen-bond acceptors (Lipinski definition) is 7. The number of nitrogens with two attached hydrogens (primary N) is 1. The van der Waals surface area contributed by atoms with E-state index in [2.05, 4.69) is 30.0 Å². The van der Waals surface area contributed by atoms with Gasteiger partial charge in [-0.25, -0.2) is 14.4 Å². The number of rotatable bonds is 9. The van der Waals surface area contributed by atoms with E-state index in [-0.39, 0.29) is 17.8 Å². The van der Waals surface area contributed by atoms with Crippen molar-refractivity contribution < 1.29 is 9.18 Å². The molecule has 8 nitrogen and oxygen atoms in total. The summed E-state index contributed by atoms with van der Waals surface area (Å²) in [5.74, 6) is 1.36. The van der Waals surface area contributed by atoms with Gasteiger partial charge in [-0.2, -0.15) is 0 Å². The molecule has 3 heterocycles. The number of nitrogens with zero attached hydrogens (tertiary/aromatic N) is 5. The highest BCUT2D eigenvalue weighted by Crippen LogP contribution is 2.23. The van der Waals surface area contributed by atoms with Crippen LogP contribution in [0.5, 0.6) is 0 Å². The molecule has 1 aromatic carbocycles. The number of benzene rings is 1. The summed E-state index contributed by atoms with van der Waals surface area (Å²) in [7, 11) is 0. The van der Waals surface area contributed by atoms with Crippen LogP contribution in [0.2, 0.25) is 0 Å². The van der Waals surface area contributed by atoms with Crippen molar-refractivity contribution in [3.63, 3.8) is 0 Å². The summed E-state index contributed by atoms with van der Waals surface area (Å²) in [5.41, 5.74) is 6.14. The van der Waals surface area contributed by atoms with E-state index in [0.717, 1.165) is 88.8 Å². The Morgan fingerprint density at radius 3 is 2.73 bits per heavy atom. The maximum atomic E-state index is 13.6. The Kier molecular flexibility index (Phi) is 7.93. The van der Waals surface area contributed by atoms with E-state index in [1.165, 1.54) is 6.07 Å². The molecule has 2 fully saturated rings. The lowest BCUT2D eigenvalue weighted by Gasteiger charge is -2.36. The van der Waals surface area contributed by atoms with Crippen LogP contribution in [-0.4, -0.2) is 72.6 Å². The van der Waals surface area contributed by atoms with E-state index in [4.69, 9.17) is 5.73 Å². The molecule has 4 rings (SSSR count). The molecular formula is C24H34FN7O. The number of nitrogens with one attached hydrogen (secondary N) is 1. The lowest BCUT2D eigenvalue weighted by atomic mass is 10.0. The standard InChI is InChI=1S/C24H34FN7O/c25-19-5-3-7-21(15-19)32-10-4-6-20(17-32)29-23-16-24(28-18-27-23)31-13-11-30(12-14-31)9-2-1-8-22(26)33/h3,5,7,15-16,18,20H,1-2,4,6,8-14,17H2,(H2,26,33)(H,27,28,29)/t20-/m1/s1. The molecule has 9 heteroatoms. The first-order valence-corrected chi connectivity index (χ1v) is 11.9. The Morgan fingerprint density at radius 1 is 1.09 bits per heavy atom. The molecule has 0 aliphatic carbocycles. The minimum atomic E-state index is -0.220. The van der Waals surface area contributed by atoms with Gasteiger partial charge in [-0.05, 0) is 50.4 Å². The number of piperazine rings is 1. The molecule has 178 valence electrons. The van der Waals surface area contributed by atoms with Gasteiger partial charge < -0.3 is 20.9 Å². The molecule has 0 spiro atoms. The predicted molar refractivity (Wildman–Crippen MR) is 129 cm³/mol. The molecule has 2 aromatic rings. The lowest BCUT2D eigenvalue weighted by Crippen LogP contribution is -2.47. The number of carbonyl (C=O) groups excluding carboxylic acids is 1. The number of halogens is 1. The van der Waals surface area contributed by atoms with Crippen molar-refractivity contribution in [3.8, 4) is 0 Å². The smallest absolute Gasteiger partial charge is 0.217 e. The number of carbonyl (C=O) groups is 1. The van der Waals surface area contributed by atoms with Crippen LogP contribution in [-0.2, 0) is 4.79 Å². The summed E-state index contributed by atoms with van der Waals surface area (Å²) in [5, 5.41) is 3.57. The van der Waals surface area contributed by atoms with E-state index < -0.39 is 0 Å². The zero-order chi connectivity index (χ0) is 23.0. The van der Waals surface area contributed by atoms with Crippen molar-refractivity contribution in [1.82, 2.24) is 14.9 Å². The summed E-state index contributed by atoms with van der Waals surface area (Å²) in [4.78, 5) is 26.8. The van der Waals surface area contributed by atoms with E-state index in [9.17, 15) is 9.18 Å². The summed E-state index contributed by atoms with van der Waals surface area (Å²) < 4.78 is 13.6. The van der Waals surface area contributed by atoms with Gasteiger partial charge in [0.2, 0.25) is 5.91 Å². The van der Waals surface area contributed by atoms with Crippen molar-refractivity contribution in [2.24, 2.45) is 5.73 Å². The van der Waals surface area contributed by atoms with Crippen molar-refractivity contribution in [1.29, 1.82) is 0 Å². The van der Waals surface area contributed by atoms with Gasteiger partial charge in [-0.1, -0.05) is 6.07 Å². The van der Waals surface area contributed by atoms with Crippen LogP contribution < -0.4 is 20.9 Å². The molecule has 3 N–H and O–H groups in total. The van der Waals surface area contributed by atoms with Gasteiger partial charge in [0, 0.05) is 63.5 Å². The number of aromatic nitrogens is 2. The van der Waals surface area contributed by atoms with Gasteiger partial charge in [0.1, 0.15) is 23.8 Å². The second kappa shape index (κ2) is 11.3. The summed E-state index contributed by atoms with van der Waals surface area (Å²) in [6, 6.07) is 9.09. The Bertz CT molecular complexity index is 919. The Hall–Kier alpha value is -2.94. The monoisotopic (exact) mass is 455 g/mol. The third-order valence-electron chi connectivity index (χ3n) is 6.44. The topological polar surface area (TPSA) is 90.6 Å². The average molecular weight is 456 g/mol. The first-order chi connectivity index (χ1) is 16.1. The maximum Gasteiger partial charge on any atom is 0.217 e. The lowest BCUT2D eigenvalue weighted by molar-refractivity contribution is -0.118. The van der Waals surface area contributed by atoms with Crippen LogP contribution in [0.4, 0.5) is 21.7 Å². The highest BCUT2D eigenvalue weighted by atomic mass is 19.1. The van der Waals surface area contributed by atoms with Crippen LogP contribution in [0.3, 0.4) is 0 Å². The first-order valence-electron chi connectivity index (χ1n) is 11.9. The molecule has 0 unspecified atom stereocenters. The average Bonchev–Trinajstić information content (AvgIpc) is 2.82. The molecule has 1 atom stereocenters. The SMILES string of the molecule is NC(=O)CCCCN1CCN(c2cc(N[C@@H]3CCCN(c4cccc(F)c4)C3)ncn2)CC1. The zero-order valence-corrected chi connectivity index (χ0v) is 19.1. The fourth-order valence-electron chi connectivity index (χ4n) is 4.65. The van der Waals surface area contributed by atoms with E-state index in [1.807, 2.05) is 12.1 Å². The van der Waals surface area contributed by atoms with Gasteiger partial charge in [-0.3, -0.25) is 9.69 Å². The minimum Gasteiger partial charge on any atom is -0.370 e. The van der Waals surface area contributed by atoms with E-state index in [1.54, 1.807) is 18.5 Å². The number of hydrogen-bond donors (Lipinski definition) is 2. The largest absolute Gasteiger partial charge is 0.370 e. The molecule has 0 radical (unpaired) electrons. The maximum absolute atomic E-state index is 13.6. The van der Waals surface area contributed by atoms with Crippen molar-refractivity contribution in [3.05, 3.63) is 42.5 Å². The first kappa shape index (κ1) is 23.2. The number of piperidine rings is 1. The van der Waals surface area contributed by atoms with Gasteiger partial charge in [0.05, 0.1) is 0 Å². The highest BCUT2D eigenvalue weighted by molar-refractivity contribution is 5.73. The molecular weight excluding hydrogens is 421 g/mol. The van der Waals surface area contributed by atoms with Crippen molar-refractivity contribution in [2.75, 3.05) is 60.9 Å². The molecule has 1 amide bonds. The van der Waals surface area contributed by atoms with Gasteiger partial charge in [0.15, 0.2) is 0 Å². The quantitative estimate of drug-likeness (QED) is 0.562. The van der Waals surface area contributed by atoms with E-state index >= 15 is 0 Å². The number of primary amides is 1. The van der Waals surface area contributed by atoms with Crippen LogP contribution >= 0.6 is 0 Å². The Balaban J connectivity index is 1.27. The summed E-state index contributed by atoms with van der Waals surface area (Å²) in [6.07, 6.45) is 6.05. The third-order valence-corrected chi connectivity index (χ3v) is 6.44. The Morgan fingerprint density at radius 2 is 1.94 bits per heavy atom. The van der Waals surface area contributed by atoms with Crippen LogP contribution in [0.1, 0.15) is 32.1 Å². The van der Waals surface area contributed by atoms with Crippen molar-refractivity contribution in [2.45, 2.75) is 38.1 Å². The Labute approximate surface area is 195 Å². The third kappa shape index (κ3) is 6.77.